The van der Waals surface area contributed by atoms with Crippen molar-refractivity contribution in [1.82, 2.24) is 5.32 Å². The van der Waals surface area contributed by atoms with Gasteiger partial charge in [0.1, 0.15) is 0 Å². The molecule has 0 saturated heterocycles. The Hall–Kier alpha value is -0.830. The van der Waals surface area contributed by atoms with E-state index in [2.05, 4.69) is 29.6 Å². The lowest BCUT2D eigenvalue weighted by Crippen LogP contribution is -2.15. The van der Waals surface area contributed by atoms with Crippen LogP contribution in [0.25, 0.3) is 0 Å². The second-order valence-electron chi connectivity index (χ2n) is 3.64. The van der Waals surface area contributed by atoms with Crippen LogP contribution in [0.1, 0.15) is 10.4 Å². The molecule has 0 aliphatic rings. The fraction of sp³-hybridized carbons (Fsp3) is 0.231. The van der Waals surface area contributed by atoms with E-state index >= 15 is 0 Å². The molecule has 0 aliphatic heterocycles. The molecule has 1 N–H and O–H groups in total. The highest BCUT2D eigenvalue weighted by molar-refractivity contribution is 7.10. The van der Waals surface area contributed by atoms with Crippen LogP contribution in [0.2, 0.25) is 5.02 Å². The smallest absolute Gasteiger partial charge is 0.0516 e. The number of thiophene rings is 1. The molecule has 0 saturated carbocycles. The van der Waals surface area contributed by atoms with Crippen LogP contribution in [-0.2, 0) is 13.0 Å². The summed E-state index contributed by atoms with van der Waals surface area (Å²) in [5, 5.41) is 6.22. The molecule has 0 bridgehead atoms. The van der Waals surface area contributed by atoms with E-state index in [0.717, 1.165) is 24.5 Å². The average molecular weight is 252 g/mol. The molecule has 16 heavy (non-hydrogen) atoms. The van der Waals surface area contributed by atoms with Gasteiger partial charge in [-0.15, -0.1) is 11.3 Å². The molecule has 3 heteroatoms. The first kappa shape index (κ1) is 11.6. The maximum Gasteiger partial charge on any atom is 0.0516 e. The molecule has 0 atom stereocenters. The lowest BCUT2D eigenvalue weighted by molar-refractivity contribution is 0.693. The maximum atomic E-state index is 5.85. The van der Waals surface area contributed by atoms with Gasteiger partial charge in [-0.05, 0) is 24.6 Å². The second-order valence-corrected chi connectivity index (χ2v) is 5.08. The topological polar surface area (TPSA) is 12.0 Å². The normalized spacial score (nSPS) is 10.6. The summed E-state index contributed by atoms with van der Waals surface area (Å²) in [4.78, 5) is 1.29. The number of rotatable bonds is 5. The number of nitrogens with one attached hydrogen (secondary N) is 1. The molecule has 1 heterocycles. The Morgan fingerprint density at radius 3 is 2.69 bits per heavy atom. The largest absolute Gasteiger partial charge is 0.312 e. The van der Waals surface area contributed by atoms with Gasteiger partial charge in [0, 0.05) is 16.8 Å². The van der Waals surface area contributed by atoms with Gasteiger partial charge in [0.25, 0.3) is 0 Å². The first-order chi connectivity index (χ1) is 7.84. The number of benzene rings is 1. The van der Waals surface area contributed by atoms with E-state index in [-0.39, 0.29) is 0 Å². The molecular formula is C13H14ClNS. The summed E-state index contributed by atoms with van der Waals surface area (Å²) < 4.78 is 0. The second kappa shape index (κ2) is 6.04. The Balaban J connectivity index is 1.69. The quantitative estimate of drug-likeness (QED) is 0.799. The highest BCUT2D eigenvalue weighted by atomic mass is 35.5. The molecule has 1 nitrogen and oxygen atoms in total. The Bertz CT molecular complexity index is 425. The summed E-state index contributed by atoms with van der Waals surface area (Å²) in [5.74, 6) is 0. The summed E-state index contributed by atoms with van der Waals surface area (Å²) in [6.45, 7) is 1.91. The molecule has 0 fully saturated rings. The molecule has 1 aromatic heterocycles. The summed E-state index contributed by atoms with van der Waals surface area (Å²) in [7, 11) is 0. The molecule has 0 amide bonds. The van der Waals surface area contributed by atoms with Crippen LogP contribution in [-0.4, -0.2) is 6.54 Å². The minimum Gasteiger partial charge on any atom is -0.312 e. The van der Waals surface area contributed by atoms with Crippen molar-refractivity contribution in [3.63, 3.8) is 0 Å². The van der Waals surface area contributed by atoms with E-state index in [4.69, 9.17) is 11.6 Å². The minimum absolute atomic E-state index is 0.838. The van der Waals surface area contributed by atoms with Crippen LogP contribution < -0.4 is 5.32 Å². The van der Waals surface area contributed by atoms with Gasteiger partial charge in [-0.2, -0.15) is 0 Å². The van der Waals surface area contributed by atoms with Crippen molar-refractivity contribution in [2.45, 2.75) is 13.0 Å². The SMILES string of the molecule is Clc1csc(CNCCc2ccccc2)c1. The Labute approximate surface area is 105 Å². The average Bonchev–Trinajstić information content (AvgIpc) is 2.72. The zero-order valence-corrected chi connectivity index (χ0v) is 10.5. The number of hydrogen-bond donors (Lipinski definition) is 1. The lowest BCUT2D eigenvalue weighted by atomic mass is 10.1. The highest BCUT2D eigenvalue weighted by Gasteiger charge is 1.97. The molecule has 2 rings (SSSR count). The summed E-state index contributed by atoms with van der Waals surface area (Å²) in [6, 6.07) is 12.5. The third kappa shape index (κ3) is 3.63. The van der Waals surface area contributed by atoms with Crippen molar-refractivity contribution in [2.24, 2.45) is 0 Å². The molecule has 0 unspecified atom stereocenters. The van der Waals surface area contributed by atoms with Gasteiger partial charge in [0.05, 0.1) is 5.02 Å². The van der Waals surface area contributed by atoms with Gasteiger partial charge in [-0.3, -0.25) is 0 Å². The first-order valence-electron chi connectivity index (χ1n) is 5.32. The van der Waals surface area contributed by atoms with Crippen LogP contribution in [0.4, 0.5) is 0 Å². The van der Waals surface area contributed by atoms with Crippen molar-refractivity contribution in [3.8, 4) is 0 Å². The van der Waals surface area contributed by atoms with Gasteiger partial charge in [0.2, 0.25) is 0 Å². The first-order valence-corrected chi connectivity index (χ1v) is 6.58. The van der Waals surface area contributed by atoms with Crippen molar-refractivity contribution in [2.75, 3.05) is 6.54 Å². The molecule has 0 aliphatic carbocycles. The predicted octanol–water partition coefficient (Wildman–Crippen LogP) is 3.73. The van der Waals surface area contributed by atoms with Crippen LogP contribution in [0.15, 0.2) is 41.8 Å². The van der Waals surface area contributed by atoms with E-state index in [1.54, 1.807) is 11.3 Å². The molecule has 84 valence electrons. The van der Waals surface area contributed by atoms with Crippen molar-refractivity contribution in [1.29, 1.82) is 0 Å². The Morgan fingerprint density at radius 1 is 1.19 bits per heavy atom. The fourth-order valence-corrected chi connectivity index (χ4v) is 2.58. The molecule has 2 aromatic rings. The minimum atomic E-state index is 0.838. The van der Waals surface area contributed by atoms with Gasteiger partial charge >= 0.3 is 0 Å². The predicted molar refractivity (Wildman–Crippen MR) is 71.2 cm³/mol. The van der Waals surface area contributed by atoms with Crippen molar-refractivity contribution >= 4 is 22.9 Å². The summed E-state index contributed by atoms with van der Waals surface area (Å²) >= 11 is 7.55. The van der Waals surface area contributed by atoms with Crippen LogP contribution in [0.5, 0.6) is 0 Å². The van der Waals surface area contributed by atoms with Crippen LogP contribution in [0.3, 0.4) is 0 Å². The van der Waals surface area contributed by atoms with Gasteiger partial charge in [-0.25, -0.2) is 0 Å². The Morgan fingerprint density at radius 2 is 2.00 bits per heavy atom. The standard InChI is InChI=1S/C13H14ClNS/c14-12-8-13(16-10-12)9-15-7-6-11-4-2-1-3-5-11/h1-5,8,10,15H,6-7,9H2. The highest BCUT2D eigenvalue weighted by Crippen LogP contribution is 2.18. The summed E-state index contributed by atoms with van der Waals surface area (Å²) in [5.41, 5.74) is 1.37. The molecular weight excluding hydrogens is 238 g/mol. The number of hydrogen-bond acceptors (Lipinski definition) is 2. The van der Waals surface area contributed by atoms with E-state index in [0.29, 0.717) is 0 Å². The Kier molecular flexibility index (Phi) is 4.40. The molecule has 0 spiro atoms. The lowest BCUT2D eigenvalue weighted by Gasteiger charge is -2.03. The zero-order chi connectivity index (χ0) is 11.2. The third-order valence-electron chi connectivity index (χ3n) is 2.35. The monoisotopic (exact) mass is 251 g/mol. The summed E-state index contributed by atoms with van der Waals surface area (Å²) in [6.07, 6.45) is 1.07. The third-order valence-corrected chi connectivity index (χ3v) is 3.64. The van der Waals surface area contributed by atoms with Crippen molar-refractivity contribution < 1.29 is 0 Å². The van der Waals surface area contributed by atoms with Gasteiger partial charge in [-0.1, -0.05) is 41.9 Å². The van der Waals surface area contributed by atoms with E-state index in [1.807, 2.05) is 17.5 Å². The molecule has 0 radical (unpaired) electrons. The van der Waals surface area contributed by atoms with Crippen LogP contribution >= 0.6 is 22.9 Å². The fourth-order valence-electron chi connectivity index (χ4n) is 1.54. The van der Waals surface area contributed by atoms with Gasteiger partial charge in [0.15, 0.2) is 0 Å². The van der Waals surface area contributed by atoms with E-state index in [9.17, 15) is 0 Å². The van der Waals surface area contributed by atoms with Crippen LogP contribution in [0, 0.1) is 0 Å². The maximum absolute atomic E-state index is 5.85. The zero-order valence-electron chi connectivity index (χ0n) is 8.95. The molecule has 1 aromatic carbocycles. The van der Waals surface area contributed by atoms with Gasteiger partial charge < -0.3 is 5.32 Å². The number of halogens is 1. The van der Waals surface area contributed by atoms with E-state index < -0.39 is 0 Å². The van der Waals surface area contributed by atoms with E-state index in [1.165, 1.54) is 10.4 Å². The van der Waals surface area contributed by atoms with Crippen molar-refractivity contribution in [3.05, 3.63) is 57.2 Å².